The van der Waals surface area contributed by atoms with Crippen molar-refractivity contribution in [3.63, 3.8) is 0 Å². The van der Waals surface area contributed by atoms with Gasteiger partial charge in [0.05, 0.1) is 5.41 Å². The number of carbonyl (C=O) groups is 2. The average molecular weight is 542 g/mol. The van der Waals surface area contributed by atoms with Gasteiger partial charge in [0.2, 0.25) is 5.91 Å². The van der Waals surface area contributed by atoms with Gasteiger partial charge in [-0.25, -0.2) is 4.79 Å². The number of rotatable bonds is 9. The number of amides is 2. The molecule has 0 bridgehead atoms. The first-order valence-corrected chi connectivity index (χ1v) is 10.4. The summed E-state index contributed by atoms with van der Waals surface area (Å²) in [6.45, 7) is 17.2. The summed E-state index contributed by atoms with van der Waals surface area (Å²) in [5.74, 6) is 0.983. The summed E-state index contributed by atoms with van der Waals surface area (Å²) in [7, 11) is 3.66. The van der Waals surface area contributed by atoms with E-state index in [-0.39, 0.29) is 41.8 Å². The number of alkyl carbamates (subject to hydrolysis) is 1. The van der Waals surface area contributed by atoms with Crippen LogP contribution in [0.2, 0.25) is 0 Å². The Balaban J connectivity index is 0. The molecule has 0 aliphatic heterocycles. The molecule has 0 aromatic rings. The molecule has 0 fully saturated rings. The van der Waals surface area contributed by atoms with E-state index in [1.54, 1.807) is 7.05 Å². The van der Waals surface area contributed by atoms with Crippen molar-refractivity contribution in [1.29, 1.82) is 0 Å². The Kier molecular flexibility index (Phi) is 14.4. The maximum atomic E-state index is 12.2. The van der Waals surface area contributed by atoms with E-state index in [1.807, 2.05) is 53.5 Å². The summed E-state index contributed by atoms with van der Waals surface area (Å²) in [5.41, 5.74) is -1.07. The number of hydrogen-bond acceptors (Lipinski definition) is 4. The second kappa shape index (κ2) is 13.9. The Morgan fingerprint density at radius 3 is 2.10 bits per heavy atom. The number of hydrogen-bond donors (Lipinski definition) is 3. The van der Waals surface area contributed by atoms with E-state index in [4.69, 9.17) is 4.74 Å². The Bertz CT molecular complexity index is 559. The zero-order valence-corrected chi connectivity index (χ0v) is 22.8. The van der Waals surface area contributed by atoms with Crippen LogP contribution in [0.4, 0.5) is 4.79 Å². The van der Waals surface area contributed by atoms with Crippen molar-refractivity contribution in [3.05, 3.63) is 0 Å². The lowest BCUT2D eigenvalue weighted by molar-refractivity contribution is -0.128. The molecule has 0 heterocycles. The van der Waals surface area contributed by atoms with Crippen molar-refractivity contribution >= 4 is 41.9 Å². The van der Waals surface area contributed by atoms with E-state index in [1.165, 1.54) is 0 Å². The summed E-state index contributed by atoms with van der Waals surface area (Å²) >= 11 is 0. The van der Waals surface area contributed by atoms with Crippen LogP contribution in [0.3, 0.4) is 0 Å². The van der Waals surface area contributed by atoms with Crippen LogP contribution >= 0.6 is 24.0 Å². The first kappa shape index (κ1) is 30.9. The molecule has 0 saturated heterocycles. The van der Waals surface area contributed by atoms with Crippen LogP contribution in [0.1, 0.15) is 61.8 Å². The highest BCUT2D eigenvalue weighted by Gasteiger charge is 2.28. The largest absolute Gasteiger partial charge is 0.444 e. The number of guanidine groups is 1. The van der Waals surface area contributed by atoms with Crippen LogP contribution in [-0.4, -0.2) is 68.2 Å². The van der Waals surface area contributed by atoms with E-state index in [0.29, 0.717) is 25.6 Å². The Hall–Kier alpha value is -1.26. The number of carbonyl (C=O) groups excluding carboxylic acids is 2. The summed E-state index contributed by atoms with van der Waals surface area (Å²) in [5, 5.41) is 9.11. The number of aliphatic imine (C=N–C) groups is 1. The second-order valence-electron chi connectivity index (χ2n) is 9.35. The van der Waals surface area contributed by atoms with Crippen LogP contribution in [0.25, 0.3) is 0 Å². The summed E-state index contributed by atoms with van der Waals surface area (Å²) in [6, 6.07) is -0.0165. The lowest BCUT2D eigenvalue weighted by Gasteiger charge is -2.30. The molecule has 2 amide bonds. The summed E-state index contributed by atoms with van der Waals surface area (Å²) in [4.78, 5) is 30.6. The van der Waals surface area contributed by atoms with Gasteiger partial charge in [-0.2, -0.15) is 0 Å². The van der Waals surface area contributed by atoms with Crippen molar-refractivity contribution in [2.45, 2.75) is 73.5 Å². The number of ether oxygens (including phenoxy) is 1. The molecular formula is C21H44IN5O3. The Morgan fingerprint density at radius 2 is 1.67 bits per heavy atom. The minimum Gasteiger partial charge on any atom is -0.444 e. The van der Waals surface area contributed by atoms with Gasteiger partial charge in [-0.05, 0) is 53.9 Å². The van der Waals surface area contributed by atoms with Crippen LogP contribution < -0.4 is 16.0 Å². The van der Waals surface area contributed by atoms with Gasteiger partial charge in [0.1, 0.15) is 5.60 Å². The summed E-state index contributed by atoms with van der Waals surface area (Å²) in [6.07, 6.45) is 0.346. The maximum Gasteiger partial charge on any atom is 0.407 e. The van der Waals surface area contributed by atoms with E-state index in [9.17, 15) is 9.59 Å². The number of nitrogens with one attached hydrogen (secondary N) is 3. The van der Waals surface area contributed by atoms with Gasteiger partial charge in [0.25, 0.3) is 0 Å². The van der Waals surface area contributed by atoms with Gasteiger partial charge in [-0.1, -0.05) is 13.8 Å². The normalized spacial score (nSPS) is 13.2. The molecule has 0 aliphatic rings. The Morgan fingerprint density at radius 1 is 1.10 bits per heavy atom. The summed E-state index contributed by atoms with van der Waals surface area (Å²) < 4.78 is 5.37. The SMILES string of the molecule is CCNC(=O)C(C)(C)CNC(=NC)N(C)CCC(NC(=O)OC(C)(C)C)C(C)C.I. The fourth-order valence-corrected chi connectivity index (χ4v) is 2.63. The zero-order valence-electron chi connectivity index (χ0n) is 20.5. The monoisotopic (exact) mass is 541 g/mol. The molecule has 0 rings (SSSR count). The highest BCUT2D eigenvalue weighted by Crippen LogP contribution is 2.14. The minimum absolute atomic E-state index is 0. The number of nitrogens with zero attached hydrogens (tertiary/aromatic N) is 2. The first-order valence-electron chi connectivity index (χ1n) is 10.4. The van der Waals surface area contributed by atoms with Crippen molar-refractivity contribution in [2.75, 3.05) is 33.7 Å². The van der Waals surface area contributed by atoms with Gasteiger partial charge in [0.15, 0.2) is 5.96 Å². The molecule has 9 heteroatoms. The highest BCUT2D eigenvalue weighted by molar-refractivity contribution is 14.0. The van der Waals surface area contributed by atoms with Crippen LogP contribution in [0, 0.1) is 11.3 Å². The van der Waals surface area contributed by atoms with Crippen molar-refractivity contribution in [2.24, 2.45) is 16.3 Å². The molecule has 0 radical (unpaired) electrons. The lowest BCUT2D eigenvalue weighted by Crippen LogP contribution is -2.49. The minimum atomic E-state index is -0.550. The molecule has 0 aliphatic carbocycles. The van der Waals surface area contributed by atoms with Crippen LogP contribution in [-0.2, 0) is 9.53 Å². The van der Waals surface area contributed by atoms with Gasteiger partial charge < -0.3 is 25.6 Å². The van der Waals surface area contributed by atoms with E-state index in [0.717, 1.165) is 6.42 Å². The molecule has 0 saturated carbocycles. The van der Waals surface area contributed by atoms with Crippen molar-refractivity contribution in [3.8, 4) is 0 Å². The second-order valence-corrected chi connectivity index (χ2v) is 9.35. The van der Waals surface area contributed by atoms with Crippen LogP contribution in [0.5, 0.6) is 0 Å². The first-order chi connectivity index (χ1) is 13.2. The molecule has 1 unspecified atom stereocenters. The van der Waals surface area contributed by atoms with E-state index in [2.05, 4.69) is 34.8 Å². The van der Waals surface area contributed by atoms with Gasteiger partial charge in [-0.3, -0.25) is 9.79 Å². The van der Waals surface area contributed by atoms with Crippen LogP contribution in [0.15, 0.2) is 4.99 Å². The van der Waals surface area contributed by atoms with Gasteiger partial charge >= 0.3 is 6.09 Å². The average Bonchev–Trinajstić information content (AvgIpc) is 2.57. The Labute approximate surface area is 200 Å². The predicted molar refractivity (Wildman–Crippen MR) is 134 cm³/mol. The topological polar surface area (TPSA) is 95.1 Å². The molecule has 30 heavy (non-hydrogen) atoms. The van der Waals surface area contributed by atoms with Gasteiger partial charge in [-0.15, -0.1) is 24.0 Å². The van der Waals surface area contributed by atoms with E-state index >= 15 is 0 Å². The molecule has 8 nitrogen and oxygen atoms in total. The third kappa shape index (κ3) is 12.4. The lowest BCUT2D eigenvalue weighted by atomic mass is 9.92. The fraction of sp³-hybridized carbons (Fsp3) is 0.857. The smallest absolute Gasteiger partial charge is 0.407 e. The predicted octanol–water partition coefficient (Wildman–Crippen LogP) is 3.21. The molecule has 1 atom stereocenters. The van der Waals surface area contributed by atoms with Crippen molar-refractivity contribution in [1.82, 2.24) is 20.9 Å². The third-order valence-corrected chi connectivity index (χ3v) is 4.50. The van der Waals surface area contributed by atoms with Gasteiger partial charge in [0, 0.05) is 39.8 Å². The molecule has 178 valence electrons. The van der Waals surface area contributed by atoms with E-state index < -0.39 is 17.1 Å². The third-order valence-electron chi connectivity index (χ3n) is 4.50. The standard InChI is InChI=1S/C21H43N5O3.HI/c1-11-23-17(27)21(7,8)14-24-18(22-9)26(10)13-12-16(15(2)3)25-19(28)29-20(4,5)6;/h15-16H,11-14H2,1-10H3,(H,22,24)(H,23,27)(H,25,28);1H. The molecule has 0 aromatic heterocycles. The zero-order chi connectivity index (χ0) is 22.8. The van der Waals surface area contributed by atoms with Crippen molar-refractivity contribution < 1.29 is 14.3 Å². The number of halogens is 1. The molecular weight excluding hydrogens is 497 g/mol. The molecule has 3 N–H and O–H groups in total. The highest BCUT2D eigenvalue weighted by atomic mass is 127. The molecule has 0 spiro atoms. The quantitative estimate of drug-likeness (QED) is 0.237. The maximum absolute atomic E-state index is 12.2. The fourth-order valence-electron chi connectivity index (χ4n) is 2.63. The molecule has 0 aromatic carbocycles.